The van der Waals surface area contributed by atoms with E-state index in [0.717, 1.165) is 6.20 Å². The van der Waals surface area contributed by atoms with Crippen LogP contribution in [0.2, 0.25) is 5.02 Å². The molecule has 0 unspecified atom stereocenters. The number of hydrogen-bond donors (Lipinski definition) is 2. The van der Waals surface area contributed by atoms with Gasteiger partial charge in [0.2, 0.25) is 5.88 Å². The van der Waals surface area contributed by atoms with Gasteiger partial charge in [0.05, 0.1) is 13.9 Å². The van der Waals surface area contributed by atoms with E-state index >= 15 is 0 Å². The fourth-order valence-corrected chi connectivity index (χ4v) is 4.20. The molecule has 32 heavy (non-hydrogen) atoms. The van der Waals surface area contributed by atoms with E-state index in [0.29, 0.717) is 36.5 Å². The van der Waals surface area contributed by atoms with E-state index in [1.54, 1.807) is 43.3 Å². The number of carbonyl (C=O) groups is 1. The predicted octanol–water partition coefficient (Wildman–Crippen LogP) is 6.40. The summed E-state index contributed by atoms with van der Waals surface area (Å²) < 4.78 is 6.94. The first-order valence-corrected chi connectivity index (χ1v) is 11.2. The van der Waals surface area contributed by atoms with Crippen LogP contribution in [0, 0.1) is 17.0 Å². The van der Waals surface area contributed by atoms with Crippen molar-refractivity contribution >= 4 is 78.1 Å². The zero-order chi connectivity index (χ0) is 23.4. The topological polar surface area (TPSA) is 106 Å². The number of thiocarbonyl (C=S) groups is 1. The van der Waals surface area contributed by atoms with Crippen LogP contribution in [-0.4, -0.2) is 20.9 Å². The Kier molecular flexibility index (Phi) is 7.77. The third kappa shape index (κ3) is 6.00. The number of anilines is 1. The van der Waals surface area contributed by atoms with Crippen LogP contribution < -0.4 is 15.4 Å². The Hall–Kier alpha value is -2.60. The number of rotatable bonds is 5. The minimum atomic E-state index is -0.523. The van der Waals surface area contributed by atoms with Crippen LogP contribution in [0.3, 0.4) is 0 Å². The Morgan fingerprint density at radius 3 is 2.38 bits per heavy atom. The number of nitro groups is 1. The summed E-state index contributed by atoms with van der Waals surface area (Å²) in [6.07, 6.45) is 1.13. The summed E-state index contributed by atoms with van der Waals surface area (Å²) in [5, 5.41) is 17.0. The molecule has 0 fully saturated rings. The lowest BCUT2D eigenvalue weighted by atomic mass is 10.2. The third-order valence-corrected chi connectivity index (χ3v) is 5.65. The van der Waals surface area contributed by atoms with Gasteiger partial charge in [-0.1, -0.05) is 11.6 Å². The molecule has 12 heteroatoms. The van der Waals surface area contributed by atoms with Crippen molar-refractivity contribution in [2.45, 2.75) is 6.92 Å². The van der Waals surface area contributed by atoms with Gasteiger partial charge in [0.15, 0.2) is 10.9 Å². The molecule has 1 aromatic heterocycles. The summed E-state index contributed by atoms with van der Waals surface area (Å²) in [5.74, 6) is 0.261. The monoisotopic (exact) mass is 598 g/mol. The van der Waals surface area contributed by atoms with E-state index in [2.05, 4.69) is 47.5 Å². The minimum absolute atomic E-state index is 0.102. The van der Waals surface area contributed by atoms with Crippen LogP contribution in [0.25, 0.3) is 0 Å². The van der Waals surface area contributed by atoms with Crippen LogP contribution in [0.15, 0.2) is 57.6 Å². The molecular formula is C20H13Br2ClN4O4S. The highest BCUT2D eigenvalue weighted by Crippen LogP contribution is 2.39. The number of aromatic nitrogens is 1. The first-order chi connectivity index (χ1) is 15.1. The van der Waals surface area contributed by atoms with Crippen LogP contribution >= 0.6 is 55.7 Å². The molecule has 0 bridgehead atoms. The Balaban J connectivity index is 1.71. The zero-order valence-corrected chi connectivity index (χ0v) is 20.9. The Morgan fingerprint density at radius 2 is 1.81 bits per heavy atom. The molecule has 0 spiro atoms. The molecule has 0 aliphatic rings. The molecule has 0 saturated carbocycles. The Labute approximate surface area is 209 Å². The molecule has 1 heterocycles. The SMILES string of the molecule is Cc1cc([N+](=O)[O-])cnc1Oc1c(Br)cc(NC(=S)NC(=O)c2ccc(Cl)cc2)cc1Br. The summed E-state index contributed by atoms with van der Waals surface area (Å²) in [6, 6.07) is 11.2. The number of benzene rings is 2. The fourth-order valence-electron chi connectivity index (χ4n) is 2.52. The van der Waals surface area contributed by atoms with Crippen molar-refractivity contribution in [2.75, 3.05) is 5.32 Å². The zero-order valence-electron chi connectivity index (χ0n) is 16.2. The van der Waals surface area contributed by atoms with E-state index < -0.39 is 4.92 Å². The van der Waals surface area contributed by atoms with Gasteiger partial charge in [-0.15, -0.1) is 0 Å². The number of hydrogen-bond acceptors (Lipinski definition) is 6. The largest absolute Gasteiger partial charge is 0.436 e. The summed E-state index contributed by atoms with van der Waals surface area (Å²) in [7, 11) is 0. The second-order valence-electron chi connectivity index (χ2n) is 6.36. The second kappa shape index (κ2) is 10.3. The number of pyridine rings is 1. The molecule has 0 saturated heterocycles. The quantitative estimate of drug-likeness (QED) is 0.198. The van der Waals surface area contributed by atoms with Gasteiger partial charge in [0, 0.05) is 27.9 Å². The van der Waals surface area contributed by atoms with Crippen molar-refractivity contribution in [2.24, 2.45) is 0 Å². The number of nitrogens with one attached hydrogen (secondary N) is 2. The first-order valence-electron chi connectivity index (χ1n) is 8.80. The molecule has 164 valence electrons. The van der Waals surface area contributed by atoms with E-state index in [9.17, 15) is 14.9 Å². The van der Waals surface area contributed by atoms with Crippen LogP contribution in [-0.2, 0) is 0 Å². The van der Waals surface area contributed by atoms with Gasteiger partial charge in [-0.3, -0.25) is 20.2 Å². The van der Waals surface area contributed by atoms with E-state index in [-0.39, 0.29) is 22.6 Å². The molecular weight excluding hydrogens is 588 g/mol. The standard InChI is InChI=1S/C20H13Br2ClN4O4S/c1-10-6-14(27(29)30)9-24-19(10)31-17-15(21)7-13(8-16(17)22)25-20(32)26-18(28)11-2-4-12(23)5-3-11/h2-9H,1H3,(H2,25,26,28,32). The smallest absolute Gasteiger partial charge is 0.288 e. The summed E-state index contributed by atoms with van der Waals surface area (Å²) >= 11 is 17.9. The van der Waals surface area contributed by atoms with Gasteiger partial charge >= 0.3 is 0 Å². The highest BCUT2D eigenvalue weighted by molar-refractivity contribution is 9.11. The van der Waals surface area contributed by atoms with Crippen molar-refractivity contribution in [3.8, 4) is 11.6 Å². The third-order valence-electron chi connectivity index (χ3n) is 4.01. The molecule has 3 aromatic rings. The molecule has 0 radical (unpaired) electrons. The van der Waals surface area contributed by atoms with Crippen molar-refractivity contribution in [1.29, 1.82) is 0 Å². The van der Waals surface area contributed by atoms with E-state index in [4.69, 9.17) is 28.6 Å². The van der Waals surface area contributed by atoms with E-state index in [1.165, 1.54) is 6.07 Å². The molecule has 8 nitrogen and oxygen atoms in total. The normalized spacial score (nSPS) is 10.4. The summed E-state index contributed by atoms with van der Waals surface area (Å²) in [5.41, 5.74) is 1.37. The van der Waals surface area contributed by atoms with Gasteiger partial charge in [-0.25, -0.2) is 4.98 Å². The van der Waals surface area contributed by atoms with E-state index in [1.807, 2.05) is 0 Å². The molecule has 2 aromatic carbocycles. The maximum Gasteiger partial charge on any atom is 0.288 e. The molecule has 0 aliphatic carbocycles. The van der Waals surface area contributed by atoms with Crippen molar-refractivity contribution in [3.05, 3.63) is 83.9 Å². The number of amides is 1. The average Bonchev–Trinajstić information content (AvgIpc) is 2.71. The van der Waals surface area contributed by atoms with Crippen molar-refractivity contribution in [3.63, 3.8) is 0 Å². The maximum absolute atomic E-state index is 12.3. The number of nitrogens with zero attached hydrogens (tertiary/aromatic N) is 2. The Bertz CT molecular complexity index is 1200. The molecule has 0 aliphatic heterocycles. The highest BCUT2D eigenvalue weighted by atomic mass is 79.9. The van der Waals surface area contributed by atoms with Crippen LogP contribution in [0.4, 0.5) is 11.4 Å². The lowest BCUT2D eigenvalue weighted by Gasteiger charge is -2.14. The van der Waals surface area contributed by atoms with Gasteiger partial charge in [0.1, 0.15) is 6.20 Å². The number of carbonyl (C=O) groups excluding carboxylic acids is 1. The minimum Gasteiger partial charge on any atom is -0.436 e. The predicted molar refractivity (Wildman–Crippen MR) is 133 cm³/mol. The van der Waals surface area contributed by atoms with Crippen molar-refractivity contribution in [1.82, 2.24) is 10.3 Å². The van der Waals surface area contributed by atoms with Gasteiger partial charge in [-0.05, 0) is 87.4 Å². The number of halogens is 3. The molecule has 1 amide bonds. The number of aryl methyl sites for hydroxylation is 1. The lowest BCUT2D eigenvalue weighted by molar-refractivity contribution is -0.385. The average molecular weight is 601 g/mol. The molecule has 3 rings (SSSR count). The van der Waals surface area contributed by atoms with Gasteiger partial charge in [-0.2, -0.15) is 0 Å². The lowest BCUT2D eigenvalue weighted by Crippen LogP contribution is -2.34. The second-order valence-corrected chi connectivity index (χ2v) is 8.91. The highest BCUT2D eigenvalue weighted by Gasteiger charge is 2.16. The molecule has 0 atom stereocenters. The summed E-state index contributed by atoms with van der Waals surface area (Å²) in [4.78, 5) is 26.6. The van der Waals surface area contributed by atoms with Gasteiger partial charge < -0.3 is 10.1 Å². The van der Waals surface area contributed by atoms with Crippen LogP contribution in [0.1, 0.15) is 15.9 Å². The fraction of sp³-hybridized carbons (Fsp3) is 0.0500. The maximum atomic E-state index is 12.3. The van der Waals surface area contributed by atoms with Crippen LogP contribution in [0.5, 0.6) is 11.6 Å². The molecule has 2 N–H and O–H groups in total. The van der Waals surface area contributed by atoms with Crippen molar-refractivity contribution < 1.29 is 14.5 Å². The van der Waals surface area contributed by atoms with Gasteiger partial charge in [0.25, 0.3) is 11.6 Å². The summed E-state index contributed by atoms with van der Waals surface area (Å²) in [6.45, 7) is 1.66. The first kappa shape index (κ1) is 24.1. The number of ether oxygens (including phenoxy) is 1. The Morgan fingerprint density at radius 1 is 1.19 bits per heavy atom.